The molecule has 2 rings (SSSR count). The summed E-state index contributed by atoms with van der Waals surface area (Å²) >= 11 is 0. The van der Waals surface area contributed by atoms with Crippen LogP contribution in [0, 0.1) is 0 Å². The predicted molar refractivity (Wildman–Crippen MR) is 57.9 cm³/mol. The summed E-state index contributed by atoms with van der Waals surface area (Å²) in [6.07, 6.45) is 0.663. The van der Waals surface area contributed by atoms with Crippen LogP contribution in [0.5, 0.6) is 0 Å². The van der Waals surface area contributed by atoms with Gasteiger partial charge in [0, 0.05) is 12.0 Å². The third kappa shape index (κ3) is 2.00. The van der Waals surface area contributed by atoms with Crippen LogP contribution in [0.15, 0.2) is 24.3 Å². The molecule has 1 aromatic carbocycles. The van der Waals surface area contributed by atoms with Gasteiger partial charge >= 0.3 is 0 Å². The number of hydrogen-bond donors (Lipinski definition) is 0. The molecule has 1 saturated heterocycles. The second-order valence-electron chi connectivity index (χ2n) is 4.05. The summed E-state index contributed by atoms with van der Waals surface area (Å²) in [5, 5.41) is 0. The molecule has 0 aromatic heterocycles. The lowest BCUT2D eigenvalue weighted by molar-refractivity contribution is 0.112. The van der Waals surface area contributed by atoms with Crippen LogP contribution in [0.25, 0.3) is 0 Å². The molecular formula is C11H11FO3S. The van der Waals surface area contributed by atoms with Crippen molar-refractivity contribution in [1.29, 1.82) is 0 Å². The van der Waals surface area contributed by atoms with E-state index >= 15 is 0 Å². The van der Waals surface area contributed by atoms with Gasteiger partial charge in [0.1, 0.15) is 6.29 Å². The van der Waals surface area contributed by atoms with Gasteiger partial charge in [-0.3, -0.25) is 4.79 Å². The van der Waals surface area contributed by atoms with Gasteiger partial charge in [-0.2, -0.15) is 0 Å². The maximum absolute atomic E-state index is 14.3. The number of aldehydes is 1. The summed E-state index contributed by atoms with van der Waals surface area (Å²) in [7, 11) is -3.26. The van der Waals surface area contributed by atoms with Crippen molar-refractivity contribution in [1.82, 2.24) is 0 Å². The van der Waals surface area contributed by atoms with Gasteiger partial charge in [-0.15, -0.1) is 0 Å². The Morgan fingerprint density at radius 3 is 2.31 bits per heavy atom. The van der Waals surface area contributed by atoms with E-state index in [-0.39, 0.29) is 12.2 Å². The molecule has 1 heterocycles. The van der Waals surface area contributed by atoms with Crippen LogP contribution in [0.3, 0.4) is 0 Å². The van der Waals surface area contributed by atoms with E-state index in [0.717, 1.165) is 0 Å². The van der Waals surface area contributed by atoms with Crippen molar-refractivity contribution < 1.29 is 17.6 Å². The van der Waals surface area contributed by atoms with E-state index in [0.29, 0.717) is 17.4 Å². The minimum atomic E-state index is -3.26. The Morgan fingerprint density at radius 2 is 1.88 bits per heavy atom. The van der Waals surface area contributed by atoms with Gasteiger partial charge in [-0.05, 0) is 5.56 Å². The van der Waals surface area contributed by atoms with Crippen molar-refractivity contribution in [3.05, 3.63) is 35.4 Å². The number of sulfone groups is 1. The first-order chi connectivity index (χ1) is 7.45. The van der Waals surface area contributed by atoms with Crippen LogP contribution in [0.1, 0.15) is 22.3 Å². The molecule has 1 aromatic rings. The molecule has 16 heavy (non-hydrogen) atoms. The molecule has 0 saturated carbocycles. The number of hydrogen-bond acceptors (Lipinski definition) is 3. The van der Waals surface area contributed by atoms with Crippen LogP contribution in [0.4, 0.5) is 4.39 Å². The molecule has 1 atom stereocenters. The lowest BCUT2D eigenvalue weighted by atomic mass is 9.94. The second-order valence-corrected chi connectivity index (χ2v) is 6.23. The van der Waals surface area contributed by atoms with Crippen molar-refractivity contribution in [2.45, 2.75) is 12.1 Å². The summed E-state index contributed by atoms with van der Waals surface area (Å²) in [6.45, 7) is 0. The maximum atomic E-state index is 14.3. The van der Waals surface area contributed by atoms with Gasteiger partial charge in [0.05, 0.1) is 11.5 Å². The number of carbonyl (C=O) groups is 1. The number of benzene rings is 1. The van der Waals surface area contributed by atoms with Crippen LogP contribution in [0.2, 0.25) is 0 Å². The van der Waals surface area contributed by atoms with E-state index in [4.69, 9.17) is 0 Å². The van der Waals surface area contributed by atoms with E-state index in [1.165, 1.54) is 24.3 Å². The summed E-state index contributed by atoms with van der Waals surface area (Å²) in [4.78, 5) is 10.4. The Balaban J connectivity index is 2.34. The molecule has 86 valence electrons. The molecule has 0 N–H and O–H groups in total. The molecular weight excluding hydrogens is 231 g/mol. The first-order valence-electron chi connectivity index (χ1n) is 4.90. The Bertz CT molecular complexity index is 507. The third-order valence-electron chi connectivity index (χ3n) is 2.82. The third-order valence-corrected chi connectivity index (χ3v) is 4.55. The molecule has 1 aliphatic rings. The molecule has 0 spiro atoms. The standard InChI is InChI=1S/C11H11FO3S/c12-11(5-6-16(14,15)8-11)10-3-1-9(7-13)2-4-10/h1-4,7H,5-6,8H2. The number of alkyl halides is 1. The minimum Gasteiger partial charge on any atom is -0.298 e. The molecule has 1 fully saturated rings. The molecule has 0 radical (unpaired) electrons. The van der Waals surface area contributed by atoms with Crippen molar-refractivity contribution in [2.75, 3.05) is 11.5 Å². The molecule has 0 aliphatic carbocycles. The van der Waals surface area contributed by atoms with E-state index in [9.17, 15) is 17.6 Å². The molecule has 5 heteroatoms. The maximum Gasteiger partial charge on any atom is 0.153 e. The highest BCUT2D eigenvalue weighted by atomic mass is 32.2. The largest absolute Gasteiger partial charge is 0.298 e. The Hall–Kier alpha value is -1.23. The van der Waals surface area contributed by atoms with Gasteiger partial charge in [0.2, 0.25) is 0 Å². The highest BCUT2D eigenvalue weighted by Gasteiger charge is 2.43. The van der Waals surface area contributed by atoms with Crippen LogP contribution < -0.4 is 0 Å². The zero-order chi connectivity index (χ0) is 11.8. The summed E-state index contributed by atoms with van der Waals surface area (Å²) < 4.78 is 36.8. The highest BCUT2D eigenvalue weighted by molar-refractivity contribution is 7.91. The number of carbonyl (C=O) groups excluding carboxylic acids is 1. The van der Waals surface area contributed by atoms with Crippen LogP contribution >= 0.6 is 0 Å². The van der Waals surface area contributed by atoms with E-state index in [2.05, 4.69) is 0 Å². The Kier molecular flexibility index (Phi) is 2.58. The van der Waals surface area contributed by atoms with Gasteiger partial charge in [-0.1, -0.05) is 24.3 Å². The summed E-state index contributed by atoms with van der Waals surface area (Å²) in [5.74, 6) is -0.570. The van der Waals surface area contributed by atoms with E-state index in [1.54, 1.807) is 0 Å². The van der Waals surface area contributed by atoms with Gasteiger partial charge in [0.15, 0.2) is 15.5 Å². The van der Waals surface area contributed by atoms with Crippen molar-refractivity contribution >= 4 is 16.1 Å². The van der Waals surface area contributed by atoms with Gasteiger partial charge < -0.3 is 0 Å². The zero-order valence-corrected chi connectivity index (χ0v) is 9.34. The van der Waals surface area contributed by atoms with Crippen molar-refractivity contribution in [3.63, 3.8) is 0 Å². The van der Waals surface area contributed by atoms with Gasteiger partial charge in [0.25, 0.3) is 0 Å². The minimum absolute atomic E-state index is 0.00420. The normalized spacial score (nSPS) is 27.8. The van der Waals surface area contributed by atoms with E-state index < -0.39 is 21.3 Å². The number of halogens is 1. The molecule has 0 bridgehead atoms. The first-order valence-corrected chi connectivity index (χ1v) is 6.72. The lowest BCUT2D eigenvalue weighted by Crippen LogP contribution is -2.21. The van der Waals surface area contributed by atoms with Crippen molar-refractivity contribution in [3.8, 4) is 0 Å². The second kappa shape index (κ2) is 3.66. The fourth-order valence-electron chi connectivity index (χ4n) is 1.90. The monoisotopic (exact) mass is 242 g/mol. The molecule has 1 unspecified atom stereocenters. The average molecular weight is 242 g/mol. The van der Waals surface area contributed by atoms with Crippen LogP contribution in [-0.2, 0) is 15.5 Å². The Morgan fingerprint density at radius 1 is 1.25 bits per heavy atom. The molecule has 3 nitrogen and oxygen atoms in total. The summed E-state index contributed by atoms with van der Waals surface area (Å²) in [5.41, 5.74) is -1.01. The Labute approximate surface area is 93.2 Å². The van der Waals surface area contributed by atoms with E-state index in [1.807, 2.05) is 0 Å². The average Bonchev–Trinajstić information content (AvgIpc) is 2.54. The molecule has 1 aliphatic heterocycles. The van der Waals surface area contributed by atoms with Gasteiger partial charge in [-0.25, -0.2) is 12.8 Å². The van der Waals surface area contributed by atoms with Crippen molar-refractivity contribution in [2.24, 2.45) is 0 Å². The predicted octanol–water partition coefficient (Wildman–Crippen LogP) is 1.48. The smallest absolute Gasteiger partial charge is 0.153 e. The molecule has 0 amide bonds. The first kappa shape index (κ1) is 11.3. The number of rotatable bonds is 2. The topological polar surface area (TPSA) is 51.2 Å². The highest BCUT2D eigenvalue weighted by Crippen LogP contribution is 2.37. The fourth-order valence-corrected chi connectivity index (χ4v) is 3.69. The quantitative estimate of drug-likeness (QED) is 0.738. The lowest BCUT2D eigenvalue weighted by Gasteiger charge is -2.17. The summed E-state index contributed by atoms with van der Waals surface area (Å²) in [6, 6.07) is 5.94. The fraction of sp³-hybridized carbons (Fsp3) is 0.364. The SMILES string of the molecule is O=Cc1ccc(C2(F)CCS(=O)(=O)C2)cc1. The van der Waals surface area contributed by atoms with Crippen LogP contribution in [-0.4, -0.2) is 26.2 Å². The zero-order valence-electron chi connectivity index (χ0n) is 8.52.